The Kier molecular flexibility index (Phi) is 2.89. The number of hydrogen-bond donors (Lipinski definition) is 0. The summed E-state index contributed by atoms with van der Waals surface area (Å²) >= 11 is 1.39. The van der Waals surface area contributed by atoms with Crippen molar-refractivity contribution in [3.8, 4) is 0 Å². The van der Waals surface area contributed by atoms with E-state index in [0.717, 1.165) is 5.52 Å². The van der Waals surface area contributed by atoms with Crippen molar-refractivity contribution in [2.24, 2.45) is 0 Å². The Morgan fingerprint density at radius 1 is 1.35 bits per heavy atom. The van der Waals surface area contributed by atoms with Gasteiger partial charge in [-0.2, -0.15) is 4.80 Å². The molecular weight excluding hydrogens is 276 g/mol. The zero-order chi connectivity index (χ0) is 14.3. The zero-order valence-corrected chi connectivity index (χ0v) is 12.3. The van der Waals surface area contributed by atoms with Gasteiger partial charge in [0, 0.05) is 0 Å². The van der Waals surface area contributed by atoms with Crippen molar-refractivity contribution in [3.05, 3.63) is 34.0 Å². The van der Waals surface area contributed by atoms with Crippen LogP contribution in [0.4, 0.5) is 0 Å². The van der Waals surface area contributed by atoms with Crippen LogP contribution in [-0.2, 0) is 12.1 Å². The first-order valence-electron chi connectivity index (χ1n) is 6.17. The number of tetrazole rings is 1. The van der Waals surface area contributed by atoms with Gasteiger partial charge in [0.25, 0.3) is 5.56 Å². The van der Waals surface area contributed by atoms with Crippen LogP contribution in [0.1, 0.15) is 26.6 Å². The molecule has 0 bridgehead atoms. The second kappa shape index (κ2) is 4.48. The summed E-state index contributed by atoms with van der Waals surface area (Å²) < 4.78 is 2.15. The summed E-state index contributed by atoms with van der Waals surface area (Å²) in [6.07, 6.45) is 1.52. The molecule has 3 heterocycles. The van der Waals surface area contributed by atoms with Crippen LogP contribution in [-0.4, -0.2) is 29.8 Å². The highest BCUT2D eigenvalue weighted by atomic mass is 32.1. The Hall–Kier alpha value is -2.09. The maximum absolute atomic E-state index is 12.2. The van der Waals surface area contributed by atoms with Crippen molar-refractivity contribution in [2.45, 2.75) is 32.9 Å². The van der Waals surface area contributed by atoms with Crippen molar-refractivity contribution >= 4 is 21.6 Å². The molecule has 3 rings (SSSR count). The van der Waals surface area contributed by atoms with Crippen molar-refractivity contribution in [1.82, 2.24) is 29.8 Å². The lowest BCUT2D eigenvalue weighted by atomic mass is 10.1. The van der Waals surface area contributed by atoms with Crippen LogP contribution >= 0.6 is 11.3 Å². The van der Waals surface area contributed by atoms with Gasteiger partial charge in [0.2, 0.25) is 0 Å². The van der Waals surface area contributed by atoms with Crippen LogP contribution in [0.25, 0.3) is 10.2 Å². The molecule has 104 valence electrons. The quantitative estimate of drug-likeness (QED) is 0.709. The van der Waals surface area contributed by atoms with Crippen molar-refractivity contribution in [3.63, 3.8) is 0 Å². The first kappa shape index (κ1) is 12.9. The summed E-state index contributed by atoms with van der Waals surface area (Å²) in [5.41, 5.74) is 0.422. The second-order valence-electron chi connectivity index (χ2n) is 5.48. The minimum atomic E-state index is -0.230. The van der Waals surface area contributed by atoms with Crippen LogP contribution in [0.3, 0.4) is 0 Å². The lowest BCUT2D eigenvalue weighted by Crippen LogP contribution is -2.25. The van der Waals surface area contributed by atoms with Crippen molar-refractivity contribution in [2.75, 3.05) is 0 Å². The molecule has 0 aliphatic rings. The van der Waals surface area contributed by atoms with E-state index in [9.17, 15) is 4.79 Å². The Bertz CT molecular complexity index is 809. The molecule has 0 unspecified atom stereocenters. The number of nitrogens with zero attached hydrogens (tertiary/aromatic N) is 6. The highest BCUT2D eigenvalue weighted by Crippen LogP contribution is 2.13. The van der Waals surface area contributed by atoms with E-state index in [2.05, 4.69) is 20.4 Å². The SMILES string of the molecule is CC(C)(C)n1nnc(Cn2cnc3ccsc3c2=O)n1. The molecule has 0 saturated carbocycles. The third-order valence-electron chi connectivity index (χ3n) is 2.80. The molecule has 0 atom stereocenters. The van der Waals surface area contributed by atoms with Crippen LogP contribution in [0, 0.1) is 0 Å². The number of rotatable bonds is 2. The summed E-state index contributed by atoms with van der Waals surface area (Å²) in [4.78, 5) is 18.0. The van der Waals surface area contributed by atoms with Gasteiger partial charge >= 0.3 is 0 Å². The molecule has 0 aliphatic carbocycles. The third-order valence-corrected chi connectivity index (χ3v) is 3.69. The van der Waals surface area contributed by atoms with E-state index in [1.54, 1.807) is 4.80 Å². The molecule has 7 nitrogen and oxygen atoms in total. The van der Waals surface area contributed by atoms with Gasteiger partial charge in [-0.15, -0.1) is 21.5 Å². The smallest absolute Gasteiger partial charge is 0.271 e. The fourth-order valence-electron chi connectivity index (χ4n) is 1.73. The minimum Gasteiger partial charge on any atom is -0.290 e. The third kappa shape index (κ3) is 2.22. The predicted molar refractivity (Wildman–Crippen MR) is 75.8 cm³/mol. The number of aromatic nitrogens is 6. The fraction of sp³-hybridized carbons (Fsp3) is 0.417. The Balaban J connectivity index is 1.95. The van der Waals surface area contributed by atoms with Crippen molar-refractivity contribution in [1.29, 1.82) is 0 Å². The summed E-state index contributed by atoms with van der Waals surface area (Å²) in [6.45, 7) is 6.24. The topological polar surface area (TPSA) is 78.5 Å². The summed E-state index contributed by atoms with van der Waals surface area (Å²) in [5.74, 6) is 0.500. The largest absolute Gasteiger partial charge is 0.290 e. The molecule has 0 aromatic carbocycles. The lowest BCUT2D eigenvalue weighted by molar-refractivity contribution is 0.305. The monoisotopic (exact) mass is 290 g/mol. The summed E-state index contributed by atoms with van der Waals surface area (Å²) in [6, 6.07) is 1.83. The Morgan fingerprint density at radius 3 is 2.85 bits per heavy atom. The molecule has 3 aromatic rings. The molecule has 0 fully saturated rings. The highest BCUT2D eigenvalue weighted by Gasteiger charge is 2.17. The molecule has 0 N–H and O–H groups in total. The summed E-state index contributed by atoms with van der Waals surface area (Å²) in [7, 11) is 0. The molecule has 0 saturated heterocycles. The van der Waals surface area contributed by atoms with Crippen LogP contribution in [0.2, 0.25) is 0 Å². The molecular formula is C12H14N6OS. The van der Waals surface area contributed by atoms with Gasteiger partial charge in [0.05, 0.1) is 23.9 Å². The van der Waals surface area contributed by atoms with E-state index in [1.165, 1.54) is 22.2 Å². The Morgan fingerprint density at radius 2 is 2.15 bits per heavy atom. The molecule has 0 amide bonds. The van der Waals surface area contributed by atoms with Crippen molar-refractivity contribution < 1.29 is 0 Å². The summed E-state index contributed by atoms with van der Waals surface area (Å²) in [5, 5.41) is 14.1. The normalized spacial score (nSPS) is 12.2. The van der Waals surface area contributed by atoms with Gasteiger partial charge in [-0.1, -0.05) is 0 Å². The fourth-order valence-corrected chi connectivity index (χ4v) is 2.53. The molecule has 20 heavy (non-hydrogen) atoms. The van der Waals surface area contributed by atoms with Crippen LogP contribution in [0.5, 0.6) is 0 Å². The van der Waals surface area contributed by atoms with E-state index >= 15 is 0 Å². The predicted octanol–water partition coefficient (Wildman–Crippen LogP) is 1.25. The lowest BCUT2D eigenvalue weighted by Gasteiger charge is -2.15. The van der Waals surface area contributed by atoms with E-state index in [4.69, 9.17) is 0 Å². The number of thiophene rings is 1. The van der Waals surface area contributed by atoms with Crippen LogP contribution < -0.4 is 5.56 Å². The van der Waals surface area contributed by atoms with Gasteiger partial charge in [-0.25, -0.2) is 4.98 Å². The standard InChI is InChI=1S/C12H14N6OS/c1-12(2,3)18-15-9(14-16-18)6-17-7-13-8-4-5-20-10(8)11(17)19/h4-5,7H,6H2,1-3H3. The first-order valence-corrected chi connectivity index (χ1v) is 7.05. The van der Waals surface area contributed by atoms with Crippen LogP contribution in [0.15, 0.2) is 22.6 Å². The van der Waals surface area contributed by atoms with E-state index < -0.39 is 0 Å². The van der Waals surface area contributed by atoms with Gasteiger partial charge in [0.15, 0.2) is 5.82 Å². The van der Waals surface area contributed by atoms with E-state index in [0.29, 0.717) is 10.5 Å². The average Bonchev–Trinajstić information content (AvgIpc) is 3.01. The molecule has 3 aromatic heterocycles. The van der Waals surface area contributed by atoms with Gasteiger partial charge in [0.1, 0.15) is 4.70 Å². The zero-order valence-electron chi connectivity index (χ0n) is 11.4. The molecule has 0 spiro atoms. The van der Waals surface area contributed by atoms with Gasteiger partial charge < -0.3 is 0 Å². The molecule has 0 aliphatic heterocycles. The first-order chi connectivity index (χ1) is 9.45. The maximum atomic E-state index is 12.2. The number of hydrogen-bond acceptors (Lipinski definition) is 6. The average molecular weight is 290 g/mol. The van der Waals surface area contributed by atoms with E-state index in [-0.39, 0.29) is 17.6 Å². The maximum Gasteiger partial charge on any atom is 0.271 e. The van der Waals surface area contributed by atoms with Gasteiger partial charge in [-0.05, 0) is 37.4 Å². The van der Waals surface area contributed by atoms with E-state index in [1.807, 2.05) is 32.2 Å². The minimum absolute atomic E-state index is 0.0721. The Labute approximate surface area is 118 Å². The second-order valence-corrected chi connectivity index (χ2v) is 6.39. The molecule has 8 heteroatoms. The number of fused-ring (bicyclic) bond motifs is 1. The molecule has 0 radical (unpaired) electrons. The highest BCUT2D eigenvalue weighted by molar-refractivity contribution is 7.17. The van der Waals surface area contributed by atoms with Gasteiger partial charge in [-0.3, -0.25) is 9.36 Å².